The van der Waals surface area contributed by atoms with Gasteiger partial charge in [-0.1, -0.05) is 13.8 Å². The molecular weight excluding hydrogens is 268 g/mol. The number of rotatable bonds is 4. The maximum atomic E-state index is 5.92. The summed E-state index contributed by atoms with van der Waals surface area (Å²) in [5, 5.41) is 1.17. The molecule has 1 saturated heterocycles. The van der Waals surface area contributed by atoms with E-state index in [1.54, 1.807) is 11.3 Å². The standard InChI is InChI=1S/C15H28N4S/c1-5-11(2)14-13(9-16)20-15(17-14)19-8-6-7-18(4)10-12(19)3/h11-12H,5-10,16H2,1-4H3. The first-order valence-corrected chi connectivity index (χ1v) is 8.53. The number of hydrogen-bond donors (Lipinski definition) is 1. The van der Waals surface area contributed by atoms with E-state index in [2.05, 4.69) is 37.6 Å². The number of likely N-dealkylation sites (N-methyl/N-ethyl adjacent to an activating group) is 1. The molecule has 4 nitrogen and oxygen atoms in total. The molecule has 0 amide bonds. The lowest BCUT2D eigenvalue weighted by atomic mass is 10.0. The van der Waals surface area contributed by atoms with E-state index < -0.39 is 0 Å². The van der Waals surface area contributed by atoms with Gasteiger partial charge in [0.25, 0.3) is 0 Å². The maximum absolute atomic E-state index is 5.92. The van der Waals surface area contributed by atoms with E-state index in [0.29, 0.717) is 18.5 Å². The van der Waals surface area contributed by atoms with Crippen LogP contribution in [0.3, 0.4) is 0 Å². The summed E-state index contributed by atoms with van der Waals surface area (Å²) in [6.45, 7) is 10.8. The third kappa shape index (κ3) is 3.32. The van der Waals surface area contributed by atoms with E-state index in [-0.39, 0.29) is 0 Å². The quantitative estimate of drug-likeness (QED) is 0.928. The Kier molecular flexibility index (Phi) is 5.41. The lowest BCUT2D eigenvalue weighted by Crippen LogP contribution is -2.37. The van der Waals surface area contributed by atoms with Gasteiger partial charge in [-0.25, -0.2) is 4.98 Å². The Morgan fingerprint density at radius 2 is 2.20 bits per heavy atom. The van der Waals surface area contributed by atoms with Gasteiger partial charge in [-0.3, -0.25) is 0 Å². The van der Waals surface area contributed by atoms with Crippen LogP contribution in [-0.4, -0.2) is 42.6 Å². The van der Waals surface area contributed by atoms with Gasteiger partial charge in [0.1, 0.15) is 0 Å². The van der Waals surface area contributed by atoms with Crippen LogP contribution in [0.1, 0.15) is 50.1 Å². The zero-order chi connectivity index (χ0) is 14.7. The van der Waals surface area contributed by atoms with Crippen LogP contribution in [0.4, 0.5) is 5.13 Å². The van der Waals surface area contributed by atoms with E-state index >= 15 is 0 Å². The van der Waals surface area contributed by atoms with Crippen LogP contribution in [0.25, 0.3) is 0 Å². The number of nitrogens with zero attached hydrogens (tertiary/aromatic N) is 3. The zero-order valence-corrected chi connectivity index (χ0v) is 14.0. The molecule has 0 saturated carbocycles. The normalized spacial score (nSPS) is 22.9. The van der Waals surface area contributed by atoms with Crippen molar-refractivity contribution < 1.29 is 0 Å². The molecule has 0 aromatic carbocycles. The highest BCUT2D eigenvalue weighted by Gasteiger charge is 2.24. The maximum Gasteiger partial charge on any atom is 0.186 e. The van der Waals surface area contributed by atoms with Gasteiger partial charge in [0.15, 0.2) is 5.13 Å². The molecule has 0 aliphatic carbocycles. The predicted molar refractivity (Wildman–Crippen MR) is 87.6 cm³/mol. The van der Waals surface area contributed by atoms with Crippen molar-refractivity contribution >= 4 is 16.5 Å². The first kappa shape index (κ1) is 15.7. The Labute approximate surface area is 127 Å². The summed E-state index contributed by atoms with van der Waals surface area (Å²) in [4.78, 5) is 11.1. The minimum atomic E-state index is 0.503. The van der Waals surface area contributed by atoms with Crippen LogP contribution in [-0.2, 0) is 6.54 Å². The lowest BCUT2D eigenvalue weighted by Gasteiger charge is -2.27. The SMILES string of the molecule is CCC(C)c1nc(N2CCCN(C)CC2C)sc1CN. The summed E-state index contributed by atoms with van der Waals surface area (Å²) in [5.41, 5.74) is 7.14. The Morgan fingerprint density at radius 1 is 1.45 bits per heavy atom. The second-order valence-corrected chi connectivity index (χ2v) is 7.04. The molecule has 0 bridgehead atoms. The average molecular weight is 296 g/mol. The van der Waals surface area contributed by atoms with Crippen molar-refractivity contribution in [1.82, 2.24) is 9.88 Å². The van der Waals surface area contributed by atoms with Gasteiger partial charge in [-0.2, -0.15) is 0 Å². The largest absolute Gasteiger partial charge is 0.344 e. The highest BCUT2D eigenvalue weighted by Crippen LogP contribution is 2.33. The van der Waals surface area contributed by atoms with Crippen LogP contribution in [0, 0.1) is 0 Å². The smallest absolute Gasteiger partial charge is 0.186 e. The van der Waals surface area contributed by atoms with Crippen molar-refractivity contribution in [1.29, 1.82) is 0 Å². The molecule has 0 radical (unpaired) electrons. The average Bonchev–Trinajstić information content (AvgIpc) is 2.78. The molecule has 5 heteroatoms. The van der Waals surface area contributed by atoms with Gasteiger partial charge in [0.05, 0.1) is 5.69 Å². The highest BCUT2D eigenvalue weighted by molar-refractivity contribution is 7.15. The molecule has 114 valence electrons. The van der Waals surface area contributed by atoms with Gasteiger partial charge >= 0.3 is 0 Å². The van der Waals surface area contributed by atoms with E-state index in [4.69, 9.17) is 10.7 Å². The molecule has 0 spiro atoms. The summed E-state index contributed by atoms with van der Waals surface area (Å²) in [5.74, 6) is 0.503. The summed E-state index contributed by atoms with van der Waals surface area (Å²) in [6.07, 6.45) is 2.32. The molecule has 1 aliphatic rings. The molecule has 20 heavy (non-hydrogen) atoms. The zero-order valence-electron chi connectivity index (χ0n) is 13.2. The molecule has 1 aromatic rings. The van der Waals surface area contributed by atoms with Gasteiger partial charge in [0, 0.05) is 30.6 Å². The number of aromatic nitrogens is 1. The van der Waals surface area contributed by atoms with E-state index in [1.165, 1.54) is 28.7 Å². The second kappa shape index (κ2) is 6.87. The number of thiazole rings is 1. The fraction of sp³-hybridized carbons (Fsp3) is 0.800. The molecular formula is C15H28N4S. The highest BCUT2D eigenvalue weighted by atomic mass is 32.1. The van der Waals surface area contributed by atoms with E-state index in [9.17, 15) is 0 Å². The van der Waals surface area contributed by atoms with E-state index in [0.717, 1.165) is 19.5 Å². The molecule has 1 aliphatic heterocycles. The third-order valence-electron chi connectivity index (χ3n) is 4.27. The minimum absolute atomic E-state index is 0.503. The van der Waals surface area contributed by atoms with Crippen LogP contribution < -0.4 is 10.6 Å². The predicted octanol–water partition coefficient (Wildman–Crippen LogP) is 2.65. The molecule has 2 heterocycles. The fourth-order valence-electron chi connectivity index (χ4n) is 2.85. The Balaban J connectivity index is 2.25. The molecule has 1 fully saturated rings. The van der Waals surface area contributed by atoms with Crippen molar-refractivity contribution in [2.24, 2.45) is 5.73 Å². The molecule has 2 rings (SSSR count). The summed E-state index contributed by atoms with van der Waals surface area (Å²) in [6, 6.07) is 0.518. The number of hydrogen-bond acceptors (Lipinski definition) is 5. The number of anilines is 1. The van der Waals surface area contributed by atoms with Crippen molar-refractivity contribution in [2.75, 3.05) is 31.6 Å². The van der Waals surface area contributed by atoms with Crippen molar-refractivity contribution in [2.45, 2.75) is 52.1 Å². The summed E-state index contributed by atoms with van der Waals surface area (Å²) in [7, 11) is 2.21. The number of nitrogens with two attached hydrogens (primary N) is 1. The van der Waals surface area contributed by atoms with Crippen molar-refractivity contribution in [3.8, 4) is 0 Å². The van der Waals surface area contributed by atoms with Crippen molar-refractivity contribution in [3.05, 3.63) is 10.6 Å². The van der Waals surface area contributed by atoms with Crippen LogP contribution in [0.15, 0.2) is 0 Å². The van der Waals surface area contributed by atoms with Gasteiger partial charge in [0.2, 0.25) is 0 Å². The van der Waals surface area contributed by atoms with Crippen LogP contribution >= 0.6 is 11.3 Å². The Bertz CT molecular complexity index is 432. The summed E-state index contributed by atoms with van der Waals surface area (Å²) >= 11 is 1.80. The second-order valence-electron chi connectivity index (χ2n) is 5.98. The first-order valence-electron chi connectivity index (χ1n) is 7.71. The van der Waals surface area contributed by atoms with Gasteiger partial charge in [-0.05, 0) is 39.3 Å². The van der Waals surface area contributed by atoms with Crippen molar-refractivity contribution in [3.63, 3.8) is 0 Å². The Hall–Kier alpha value is -0.650. The van der Waals surface area contributed by atoms with Gasteiger partial charge in [-0.15, -0.1) is 11.3 Å². The minimum Gasteiger partial charge on any atom is -0.344 e. The monoisotopic (exact) mass is 296 g/mol. The van der Waals surface area contributed by atoms with Gasteiger partial charge < -0.3 is 15.5 Å². The molecule has 2 unspecified atom stereocenters. The lowest BCUT2D eigenvalue weighted by molar-refractivity contribution is 0.337. The molecule has 2 atom stereocenters. The van der Waals surface area contributed by atoms with Crippen LogP contribution in [0.5, 0.6) is 0 Å². The molecule has 1 aromatic heterocycles. The Morgan fingerprint density at radius 3 is 2.85 bits per heavy atom. The van der Waals surface area contributed by atoms with Crippen LogP contribution in [0.2, 0.25) is 0 Å². The first-order chi connectivity index (χ1) is 9.56. The van der Waals surface area contributed by atoms with E-state index in [1.807, 2.05) is 0 Å². The topological polar surface area (TPSA) is 45.4 Å². The third-order valence-corrected chi connectivity index (χ3v) is 5.40. The summed E-state index contributed by atoms with van der Waals surface area (Å²) < 4.78 is 0. The fourth-order valence-corrected chi connectivity index (χ4v) is 4.04. The molecule has 2 N–H and O–H groups in total.